The quantitative estimate of drug-likeness (QED) is 0.610. The van der Waals surface area contributed by atoms with Gasteiger partial charge in [0.15, 0.2) is 0 Å². The molecule has 90 valence electrons. The van der Waals surface area contributed by atoms with Crippen LogP contribution in [0.1, 0.15) is 5.82 Å². The van der Waals surface area contributed by atoms with Gasteiger partial charge < -0.3 is 9.30 Å². The Balaban J connectivity index is 2.47. The number of alkyl halides is 1. The van der Waals surface area contributed by atoms with Crippen molar-refractivity contribution >= 4 is 28.6 Å². The molecular formula is C11H12ClN3O2. The molecule has 5 nitrogen and oxygen atoms in total. The fraction of sp³-hybridized carbons (Fsp3) is 0.364. The molecular weight excluding hydrogens is 242 g/mol. The lowest BCUT2D eigenvalue weighted by Crippen LogP contribution is -2.14. The molecule has 0 bridgehead atoms. The molecule has 0 amide bonds. The molecule has 2 heterocycles. The highest BCUT2D eigenvalue weighted by atomic mass is 35.5. The van der Waals surface area contributed by atoms with Crippen molar-refractivity contribution in [1.82, 2.24) is 14.5 Å². The van der Waals surface area contributed by atoms with Crippen LogP contribution in [0.2, 0.25) is 0 Å². The number of pyridine rings is 1. The number of carbonyl (C=O) groups excluding carboxylic acids is 1. The first kappa shape index (κ1) is 11.9. The topological polar surface area (TPSA) is 57.0 Å². The smallest absolute Gasteiger partial charge is 0.325 e. The van der Waals surface area contributed by atoms with Gasteiger partial charge in [0, 0.05) is 18.5 Å². The molecule has 0 atom stereocenters. The molecule has 0 radical (unpaired) electrons. The monoisotopic (exact) mass is 253 g/mol. The number of halogens is 1. The largest absolute Gasteiger partial charge is 0.468 e. The van der Waals surface area contributed by atoms with Gasteiger partial charge in [0.05, 0.1) is 18.8 Å². The van der Waals surface area contributed by atoms with Gasteiger partial charge in [-0.25, -0.2) is 4.98 Å². The van der Waals surface area contributed by atoms with Gasteiger partial charge in [0.25, 0.3) is 0 Å². The van der Waals surface area contributed by atoms with Gasteiger partial charge >= 0.3 is 5.97 Å². The van der Waals surface area contributed by atoms with Crippen molar-refractivity contribution < 1.29 is 9.53 Å². The van der Waals surface area contributed by atoms with Crippen molar-refractivity contribution in [3.63, 3.8) is 0 Å². The van der Waals surface area contributed by atoms with Crippen LogP contribution in [-0.2, 0) is 22.5 Å². The normalized spacial score (nSPS) is 10.7. The summed E-state index contributed by atoms with van der Waals surface area (Å²) in [5.41, 5.74) is 1.63. The van der Waals surface area contributed by atoms with Crippen LogP contribution in [0.4, 0.5) is 0 Å². The predicted molar refractivity (Wildman–Crippen MR) is 64.0 cm³/mol. The number of hydrogen-bond donors (Lipinski definition) is 0. The van der Waals surface area contributed by atoms with Crippen molar-refractivity contribution in [2.24, 2.45) is 0 Å². The summed E-state index contributed by atoms with van der Waals surface area (Å²) in [6.45, 7) is 0.142. The van der Waals surface area contributed by atoms with E-state index in [1.54, 1.807) is 12.4 Å². The lowest BCUT2D eigenvalue weighted by Gasteiger charge is -2.06. The molecule has 2 rings (SSSR count). The number of aromatic nitrogens is 3. The number of hydrogen-bond acceptors (Lipinski definition) is 4. The molecule has 0 N–H and O–H groups in total. The Bertz CT molecular complexity index is 538. The summed E-state index contributed by atoms with van der Waals surface area (Å²) in [6.07, 6.45) is 3.94. The standard InChI is InChI=1S/C11H12ClN3O2/c1-17-11(16)7-15-9-3-5-13-6-8(9)14-10(15)2-4-12/h3,5-6H,2,4,7H2,1H3. The Morgan fingerprint density at radius 1 is 1.59 bits per heavy atom. The van der Waals surface area contributed by atoms with E-state index >= 15 is 0 Å². The fourth-order valence-corrected chi connectivity index (χ4v) is 1.85. The summed E-state index contributed by atoms with van der Waals surface area (Å²) < 4.78 is 6.48. The summed E-state index contributed by atoms with van der Waals surface area (Å²) in [4.78, 5) is 19.8. The van der Waals surface area contributed by atoms with Gasteiger partial charge in [0.2, 0.25) is 0 Å². The van der Waals surface area contributed by atoms with Crippen molar-refractivity contribution in [2.45, 2.75) is 13.0 Å². The average Bonchev–Trinajstić information content (AvgIpc) is 2.68. The summed E-state index contributed by atoms with van der Waals surface area (Å²) in [5.74, 6) is 0.920. The van der Waals surface area contributed by atoms with Crippen LogP contribution in [0.15, 0.2) is 18.5 Å². The van der Waals surface area contributed by atoms with E-state index in [2.05, 4.69) is 14.7 Å². The first-order chi connectivity index (χ1) is 8.26. The van der Waals surface area contributed by atoms with Gasteiger partial charge in [-0.2, -0.15) is 0 Å². The molecule has 0 aromatic carbocycles. The number of nitrogens with zero attached hydrogens (tertiary/aromatic N) is 3. The third-order valence-electron chi connectivity index (χ3n) is 2.46. The molecule has 0 fully saturated rings. The fourth-order valence-electron chi connectivity index (χ4n) is 1.68. The van der Waals surface area contributed by atoms with Crippen LogP contribution in [-0.4, -0.2) is 33.5 Å². The number of esters is 1. The Hall–Kier alpha value is -1.62. The zero-order chi connectivity index (χ0) is 12.3. The summed E-state index contributed by atoms with van der Waals surface area (Å²) >= 11 is 5.72. The highest BCUT2D eigenvalue weighted by Crippen LogP contribution is 2.15. The van der Waals surface area contributed by atoms with E-state index in [9.17, 15) is 4.79 Å². The van der Waals surface area contributed by atoms with E-state index in [0.29, 0.717) is 12.3 Å². The second kappa shape index (κ2) is 5.14. The first-order valence-corrected chi connectivity index (χ1v) is 5.71. The van der Waals surface area contributed by atoms with E-state index in [4.69, 9.17) is 11.6 Å². The number of imidazole rings is 1. The third kappa shape index (κ3) is 2.39. The first-order valence-electron chi connectivity index (χ1n) is 5.18. The zero-order valence-electron chi connectivity index (χ0n) is 9.39. The lowest BCUT2D eigenvalue weighted by atomic mass is 10.4. The van der Waals surface area contributed by atoms with Gasteiger partial charge in [-0.05, 0) is 6.07 Å². The molecule has 0 aliphatic rings. The van der Waals surface area contributed by atoms with E-state index in [0.717, 1.165) is 16.9 Å². The maximum atomic E-state index is 11.4. The van der Waals surface area contributed by atoms with Crippen LogP contribution in [0.5, 0.6) is 0 Å². The molecule has 0 unspecified atom stereocenters. The minimum Gasteiger partial charge on any atom is -0.468 e. The van der Waals surface area contributed by atoms with E-state index in [1.807, 2.05) is 10.6 Å². The maximum Gasteiger partial charge on any atom is 0.325 e. The summed E-state index contributed by atoms with van der Waals surface area (Å²) in [7, 11) is 1.37. The van der Waals surface area contributed by atoms with Gasteiger partial charge in [-0.1, -0.05) is 0 Å². The second-order valence-electron chi connectivity index (χ2n) is 3.49. The van der Waals surface area contributed by atoms with Crippen molar-refractivity contribution in [3.05, 3.63) is 24.3 Å². The molecule has 2 aromatic heterocycles. The van der Waals surface area contributed by atoms with Gasteiger partial charge in [-0.3, -0.25) is 9.78 Å². The van der Waals surface area contributed by atoms with Crippen LogP contribution in [0, 0.1) is 0 Å². The Labute approximate surface area is 103 Å². The average molecular weight is 254 g/mol. The Morgan fingerprint density at radius 2 is 2.41 bits per heavy atom. The molecule has 0 saturated carbocycles. The molecule has 0 spiro atoms. The zero-order valence-corrected chi connectivity index (χ0v) is 10.1. The van der Waals surface area contributed by atoms with E-state index in [-0.39, 0.29) is 12.5 Å². The molecule has 2 aromatic rings. The third-order valence-corrected chi connectivity index (χ3v) is 2.65. The van der Waals surface area contributed by atoms with Crippen molar-refractivity contribution in [3.8, 4) is 0 Å². The van der Waals surface area contributed by atoms with Crippen LogP contribution < -0.4 is 0 Å². The van der Waals surface area contributed by atoms with E-state index in [1.165, 1.54) is 7.11 Å². The number of methoxy groups -OCH3 is 1. The van der Waals surface area contributed by atoms with Crippen molar-refractivity contribution in [1.29, 1.82) is 0 Å². The number of ether oxygens (including phenoxy) is 1. The number of carbonyl (C=O) groups is 1. The minimum absolute atomic E-state index is 0.142. The van der Waals surface area contributed by atoms with E-state index < -0.39 is 0 Å². The molecule has 0 aliphatic heterocycles. The SMILES string of the molecule is COC(=O)Cn1c(CCCl)nc2cnccc21. The second-order valence-corrected chi connectivity index (χ2v) is 3.87. The van der Waals surface area contributed by atoms with Crippen LogP contribution in [0.25, 0.3) is 11.0 Å². The number of rotatable bonds is 4. The summed E-state index contributed by atoms with van der Waals surface area (Å²) in [6, 6.07) is 1.82. The maximum absolute atomic E-state index is 11.4. The molecule has 0 aliphatic carbocycles. The highest BCUT2D eigenvalue weighted by molar-refractivity contribution is 6.17. The van der Waals surface area contributed by atoms with Gasteiger partial charge in [-0.15, -0.1) is 11.6 Å². The minimum atomic E-state index is -0.308. The number of fused-ring (bicyclic) bond motifs is 1. The molecule has 6 heteroatoms. The Morgan fingerprint density at radius 3 is 3.12 bits per heavy atom. The predicted octanol–water partition coefficient (Wildman–Crippen LogP) is 1.39. The Kier molecular flexibility index (Phi) is 3.58. The van der Waals surface area contributed by atoms with Crippen molar-refractivity contribution in [2.75, 3.05) is 13.0 Å². The number of aryl methyl sites for hydroxylation is 1. The van der Waals surface area contributed by atoms with Crippen LogP contribution in [0.3, 0.4) is 0 Å². The molecule has 17 heavy (non-hydrogen) atoms. The van der Waals surface area contributed by atoms with Gasteiger partial charge in [0.1, 0.15) is 17.9 Å². The lowest BCUT2D eigenvalue weighted by molar-refractivity contribution is -0.141. The highest BCUT2D eigenvalue weighted by Gasteiger charge is 2.13. The van der Waals surface area contributed by atoms with Crippen LogP contribution >= 0.6 is 11.6 Å². The summed E-state index contributed by atoms with van der Waals surface area (Å²) in [5, 5.41) is 0. The molecule has 0 saturated heterocycles.